The summed E-state index contributed by atoms with van der Waals surface area (Å²) in [4.78, 5) is 152. The minimum Gasteiger partial charge on any atom is -0.493 e. The first-order chi connectivity index (χ1) is 44.9. The molecule has 1 aromatic carbocycles. The Kier molecular flexibility index (Phi) is 21.2. The van der Waals surface area contributed by atoms with Crippen molar-refractivity contribution in [3.05, 3.63) is 108 Å². The summed E-state index contributed by atoms with van der Waals surface area (Å²) in [6.45, 7) is 1.97. The van der Waals surface area contributed by atoms with Gasteiger partial charge in [0.15, 0.2) is 29.0 Å². The Labute approximate surface area is 539 Å². The molecule has 33 nitrogen and oxygen atoms in total. The third-order valence-corrected chi connectivity index (χ3v) is 15.1. The first-order valence-corrected chi connectivity index (χ1v) is 30.0. The number of aliphatic imine (C=N–C) groups is 1. The lowest BCUT2D eigenvalue weighted by molar-refractivity contribution is -0.117. The Bertz CT molecular complexity index is 4100. The van der Waals surface area contributed by atoms with Gasteiger partial charge < -0.3 is 94.5 Å². The fourth-order valence-corrected chi connectivity index (χ4v) is 10.4. The van der Waals surface area contributed by atoms with E-state index in [0.29, 0.717) is 59.3 Å². The Morgan fingerprint density at radius 3 is 1.54 bits per heavy atom. The van der Waals surface area contributed by atoms with Gasteiger partial charge in [-0.1, -0.05) is 0 Å². The Morgan fingerprint density at radius 1 is 0.521 bits per heavy atom. The van der Waals surface area contributed by atoms with Crippen molar-refractivity contribution in [2.24, 2.45) is 47.3 Å². The van der Waals surface area contributed by atoms with Crippen LogP contribution in [0, 0.1) is 0 Å². The van der Waals surface area contributed by atoms with Crippen LogP contribution in [0.4, 0.5) is 40.2 Å². The van der Waals surface area contributed by atoms with Crippen LogP contribution in [-0.2, 0) is 56.7 Å². The van der Waals surface area contributed by atoms with E-state index in [9.17, 15) is 47.9 Å². The van der Waals surface area contributed by atoms with Gasteiger partial charge in [-0.3, -0.25) is 52.9 Å². The predicted molar refractivity (Wildman–Crippen MR) is 345 cm³/mol. The highest BCUT2D eigenvalue weighted by atomic mass is 16.5. The van der Waals surface area contributed by atoms with E-state index in [1.807, 2.05) is 23.9 Å². The molecule has 33 heteroatoms. The number of amides is 10. The Hall–Kier alpha value is -11.4. The smallest absolute Gasteiger partial charge is 0.292 e. The average Bonchev–Trinajstić information content (AvgIpc) is 1.56. The van der Waals surface area contributed by atoms with Gasteiger partial charge >= 0.3 is 0 Å². The van der Waals surface area contributed by atoms with Gasteiger partial charge in [-0.05, 0) is 70.6 Å². The zero-order valence-corrected chi connectivity index (χ0v) is 53.5. The van der Waals surface area contributed by atoms with E-state index in [4.69, 9.17) is 9.47 Å². The maximum atomic E-state index is 13.4. The van der Waals surface area contributed by atoms with Crippen molar-refractivity contribution < 1.29 is 57.4 Å². The molecule has 1 saturated heterocycles. The molecular weight excluding hydrogens is 1220 g/mol. The second-order valence-electron chi connectivity index (χ2n) is 22.7. The lowest BCUT2D eigenvalue weighted by Gasteiger charge is -2.20. The molecule has 1 fully saturated rings. The van der Waals surface area contributed by atoms with Crippen LogP contribution in [0.25, 0.3) is 0 Å². The molecule has 2 aliphatic heterocycles. The van der Waals surface area contributed by atoms with E-state index in [2.05, 4.69) is 67.8 Å². The summed E-state index contributed by atoms with van der Waals surface area (Å²) in [7, 11) is 15.0. The standard InChI is InChI=1S/C61H75N21O12/c1-75(2)20-12-17-62-55(86)41-25-37(31-76(41)3)68-56(87)42-23-35(29-77(42)4)66-50(84)15-18-63-58(89)52-71-47(33-79(52)6)73-57(88)43-24-36(30-78(43)5)67-51(85)16-19-64-59(90)53-72-48(34-80(53)7)74-60(91)54-70-46(32-81(54)8)69-49(83)14-11-22-94-45-27-40-39(26-44(45)93-9)61(92)82-21-10-13-38(82)28-65-40/h23-34,38H,10-22H2,1-9H3,(H,62,86)(H,63,89)(H,64,90)(H,66,84)(H,67,85)(H,68,87)(H,69,83)(H,73,88)(H,74,91)/t38-/m0/s1. The van der Waals surface area contributed by atoms with E-state index >= 15 is 0 Å². The molecule has 10 amide bonds. The Balaban J connectivity index is 0.662. The third-order valence-electron chi connectivity index (χ3n) is 15.1. The summed E-state index contributed by atoms with van der Waals surface area (Å²) in [6.07, 6.45) is 13.4. The summed E-state index contributed by atoms with van der Waals surface area (Å²) >= 11 is 0. The van der Waals surface area contributed by atoms with Crippen molar-refractivity contribution in [3.63, 3.8) is 0 Å². The van der Waals surface area contributed by atoms with Gasteiger partial charge in [0.2, 0.25) is 35.2 Å². The summed E-state index contributed by atoms with van der Waals surface area (Å²) < 4.78 is 20.3. The van der Waals surface area contributed by atoms with Crippen molar-refractivity contribution in [2.75, 3.05) is 92.4 Å². The van der Waals surface area contributed by atoms with Crippen molar-refractivity contribution in [2.45, 2.75) is 51.0 Å². The molecule has 2 aliphatic rings. The fraction of sp³-hybridized carbons (Fsp3) is 0.377. The van der Waals surface area contributed by atoms with E-state index < -0.39 is 41.4 Å². The first kappa shape index (κ1) is 67.0. The normalized spacial score (nSPS) is 13.1. The SMILES string of the molecule is COc1cc2c(cc1OCCCC(=O)Nc1cn(C)c(C(=O)Nc3cn(C)c(C(=O)NCCC(=O)Nc4cc(C(=O)Nc5cn(C)c(C(=O)NCCC(=O)Nc6cc(C(=O)Nc7cc(C(=O)NCCCN(C)C)n(C)c7)n(C)c6)n5)n(C)c4)n3)n1)N=C[C@@H]1CCCN1C2=O. The monoisotopic (exact) mass is 1290 g/mol. The highest BCUT2D eigenvalue weighted by Crippen LogP contribution is 2.38. The van der Waals surface area contributed by atoms with Gasteiger partial charge in [0, 0.05) is 137 Å². The largest absolute Gasteiger partial charge is 0.493 e. The number of carbonyl (C=O) groups is 10. The molecule has 6 aromatic heterocycles. The van der Waals surface area contributed by atoms with Crippen LogP contribution in [0.15, 0.2) is 72.5 Å². The van der Waals surface area contributed by atoms with Gasteiger partial charge in [-0.2, -0.15) is 0 Å². The number of anilines is 6. The number of methoxy groups -OCH3 is 1. The molecular formula is C61H75N21O12. The maximum absolute atomic E-state index is 13.4. The van der Waals surface area contributed by atoms with Gasteiger partial charge in [0.25, 0.3) is 41.4 Å². The van der Waals surface area contributed by atoms with Crippen LogP contribution in [-0.4, -0.2) is 184 Å². The molecule has 0 aliphatic carbocycles. The number of hydrogen-bond acceptors (Lipinski definition) is 17. The second kappa shape index (κ2) is 29.7. The molecule has 0 unspecified atom stereocenters. The molecule has 496 valence electrons. The number of carbonyl (C=O) groups excluding carboxylic acids is 10. The molecule has 94 heavy (non-hydrogen) atoms. The van der Waals surface area contributed by atoms with E-state index in [1.54, 1.807) is 88.2 Å². The van der Waals surface area contributed by atoms with Crippen LogP contribution >= 0.6 is 0 Å². The highest BCUT2D eigenvalue weighted by molar-refractivity contribution is 6.07. The summed E-state index contributed by atoms with van der Waals surface area (Å²) in [6, 6.07) is 7.76. The number of benzene rings is 1. The topological polar surface area (TPSA) is 385 Å². The predicted octanol–water partition coefficient (Wildman–Crippen LogP) is 2.99. The average molecular weight is 1290 g/mol. The van der Waals surface area contributed by atoms with Crippen LogP contribution in [0.5, 0.6) is 11.5 Å². The first-order valence-electron chi connectivity index (χ1n) is 30.0. The van der Waals surface area contributed by atoms with Crippen LogP contribution < -0.4 is 57.3 Å². The van der Waals surface area contributed by atoms with Crippen molar-refractivity contribution >= 4 is 105 Å². The molecule has 0 spiro atoms. The molecule has 0 bridgehead atoms. The van der Waals surface area contributed by atoms with Crippen LogP contribution in [0.3, 0.4) is 0 Å². The minimum absolute atomic E-state index is 0.0308. The second-order valence-corrected chi connectivity index (χ2v) is 22.7. The summed E-state index contributed by atoms with van der Waals surface area (Å²) in [5.74, 6) is -3.91. The Morgan fingerprint density at radius 2 is 1.00 bits per heavy atom. The van der Waals surface area contributed by atoms with Crippen molar-refractivity contribution in [1.29, 1.82) is 0 Å². The van der Waals surface area contributed by atoms with Crippen LogP contribution in [0.1, 0.15) is 119 Å². The number of ether oxygens (including phenoxy) is 2. The van der Waals surface area contributed by atoms with E-state index in [0.717, 1.165) is 25.8 Å². The zero-order valence-electron chi connectivity index (χ0n) is 53.5. The van der Waals surface area contributed by atoms with E-state index in [1.165, 1.54) is 62.3 Å². The van der Waals surface area contributed by atoms with Gasteiger partial charge in [-0.15, -0.1) is 0 Å². The van der Waals surface area contributed by atoms with Crippen LogP contribution in [0.2, 0.25) is 0 Å². The maximum Gasteiger partial charge on any atom is 0.292 e. The lowest BCUT2D eigenvalue weighted by atomic mass is 10.1. The fourth-order valence-electron chi connectivity index (χ4n) is 10.4. The molecule has 9 rings (SSSR count). The number of nitrogens with one attached hydrogen (secondary N) is 9. The number of imidazole rings is 3. The van der Waals surface area contributed by atoms with E-state index in [-0.39, 0.29) is 115 Å². The molecule has 0 saturated carbocycles. The number of aryl methyl sites for hydroxylation is 6. The molecule has 7 aromatic rings. The van der Waals surface area contributed by atoms with Gasteiger partial charge in [0.05, 0.1) is 48.1 Å². The number of fused-ring (bicyclic) bond motifs is 2. The molecule has 9 N–H and O–H groups in total. The van der Waals surface area contributed by atoms with Crippen molar-refractivity contribution in [3.8, 4) is 11.5 Å². The number of rotatable bonds is 28. The number of nitrogens with zero attached hydrogens (tertiary/aromatic N) is 12. The van der Waals surface area contributed by atoms with Gasteiger partial charge in [-0.25, -0.2) is 15.0 Å². The highest BCUT2D eigenvalue weighted by Gasteiger charge is 2.33. The lowest BCUT2D eigenvalue weighted by Crippen LogP contribution is -2.35. The molecule has 8 heterocycles. The zero-order chi connectivity index (χ0) is 67.5. The number of aromatic nitrogens is 9. The minimum atomic E-state index is -0.674. The van der Waals surface area contributed by atoms with Gasteiger partial charge in [0.1, 0.15) is 17.1 Å². The third kappa shape index (κ3) is 16.6. The number of hydrogen-bond donors (Lipinski definition) is 9. The molecule has 0 radical (unpaired) electrons. The summed E-state index contributed by atoms with van der Waals surface area (Å²) in [5, 5.41) is 24.3. The summed E-state index contributed by atoms with van der Waals surface area (Å²) in [5.41, 5.74) is 2.71. The quantitative estimate of drug-likeness (QED) is 0.0318. The van der Waals surface area contributed by atoms with Crippen molar-refractivity contribution in [1.82, 2.24) is 68.1 Å². The molecule has 1 atom stereocenters.